The number of rotatable bonds is 3. The average molecular weight is 277 g/mol. The van der Waals surface area contributed by atoms with Crippen LogP contribution in [0.5, 0.6) is 5.75 Å². The van der Waals surface area contributed by atoms with Gasteiger partial charge in [0.05, 0.1) is 12.2 Å². The molecular weight excluding hydrogens is 257 g/mol. The Morgan fingerprint density at radius 1 is 1.35 bits per heavy atom. The highest BCUT2D eigenvalue weighted by Crippen LogP contribution is 2.51. The van der Waals surface area contributed by atoms with Crippen LogP contribution in [-0.4, -0.2) is 24.9 Å². The van der Waals surface area contributed by atoms with Gasteiger partial charge in [0.25, 0.3) is 0 Å². The van der Waals surface area contributed by atoms with Gasteiger partial charge in [-0.3, -0.25) is 0 Å². The molecule has 3 aliphatic rings. The fraction of sp³-hybridized carbons (Fsp3) is 0.625. The molecule has 0 amide bonds. The predicted octanol–water partition coefficient (Wildman–Crippen LogP) is 2.42. The molecule has 3 heterocycles. The molecule has 2 bridgehead atoms. The lowest BCUT2D eigenvalue weighted by Crippen LogP contribution is -2.43. The van der Waals surface area contributed by atoms with Crippen molar-refractivity contribution >= 4 is 0 Å². The normalized spacial score (nSPS) is 38.0. The van der Waals surface area contributed by atoms with Crippen molar-refractivity contribution in [1.82, 2.24) is 0 Å². The maximum Gasteiger partial charge on any atom is 0.123 e. The van der Waals surface area contributed by atoms with Gasteiger partial charge >= 0.3 is 0 Å². The molecule has 4 heteroatoms. The molecule has 108 valence electrons. The molecule has 3 nitrogen and oxygen atoms in total. The van der Waals surface area contributed by atoms with Crippen LogP contribution >= 0.6 is 0 Å². The molecule has 4 unspecified atom stereocenters. The van der Waals surface area contributed by atoms with Crippen LogP contribution in [0, 0.1) is 11.2 Å². The highest BCUT2D eigenvalue weighted by atomic mass is 19.1. The monoisotopic (exact) mass is 277 g/mol. The van der Waals surface area contributed by atoms with Crippen LogP contribution < -0.4 is 10.5 Å². The third-order valence-corrected chi connectivity index (χ3v) is 5.23. The molecular formula is C16H20FNO2. The average Bonchev–Trinajstić information content (AvgIpc) is 3.11. The molecule has 4 rings (SSSR count). The number of nitrogens with two attached hydrogens (primary N) is 1. The third-order valence-electron chi connectivity index (χ3n) is 5.23. The molecule has 0 aromatic heterocycles. The summed E-state index contributed by atoms with van der Waals surface area (Å²) in [5.41, 5.74) is 7.11. The molecule has 1 aromatic carbocycles. The van der Waals surface area contributed by atoms with E-state index in [4.69, 9.17) is 15.2 Å². The van der Waals surface area contributed by atoms with Gasteiger partial charge in [0.1, 0.15) is 17.7 Å². The van der Waals surface area contributed by atoms with E-state index in [1.54, 1.807) is 12.1 Å². The Balaban J connectivity index is 1.51. The Kier molecular flexibility index (Phi) is 2.79. The van der Waals surface area contributed by atoms with E-state index in [9.17, 15) is 4.39 Å². The molecule has 2 fully saturated rings. The van der Waals surface area contributed by atoms with Crippen LogP contribution in [0.2, 0.25) is 0 Å². The Bertz CT molecular complexity index is 535. The van der Waals surface area contributed by atoms with Crippen LogP contribution in [0.4, 0.5) is 4.39 Å². The zero-order valence-electron chi connectivity index (χ0n) is 11.5. The summed E-state index contributed by atoms with van der Waals surface area (Å²) in [7, 11) is 0. The number of hydrogen-bond donors (Lipinski definition) is 1. The van der Waals surface area contributed by atoms with Gasteiger partial charge in [-0.1, -0.05) is 0 Å². The minimum absolute atomic E-state index is 0.0637. The van der Waals surface area contributed by atoms with E-state index < -0.39 is 0 Å². The van der Waals surface area contributed by atoms with Crippen LogP contribution in [-0.2, 0) is 11.2 Å². The third kappa shape index (κ3) is 1.85. The maximum atomic E-state index is 13.3. The van der Waals surface area contributed by atoms with Gasteiger partial charge in [-0.15, -0.1) is 0 Å². The molecule has 2 N–H and O–H groups in total. The van der Waals surface area contributed by atoms with Crippen molar-refractivity contribution in [1.29, 1.82) is 0 Å². The number of ether oxygens (including phenoxy) is 2. The standard InChI is InChI=1S/C16H20FNO2/c17-11-1-3-14-10(5-11)6-13(19-14)8-16(9-18)7-12-2-4-15(16)20-12/h1,3,5,12-13,15H,2,4,6-9,18H2. The Hall–Kier alpha value is -1.13. The summed E-state index contributed by atoms with van der Waals surface area (Å²) in [6.45, 7) is 0.652. The van der Waals surface area contributed by atoms with Crippen molar-refractivity contribution in [3.8, 4) is 5.75 Å². The van der Waals surface area contributed by atoms with Gasteiger partial charge in [0.15, 0.2) is 0 Å². The molecule has 0 spiro atoms. The Labute approximate surface area is 118 Å². The van der Waals surface area contributed by atoms with Crippen LogP contribution in [0.15, 0.2) is 18.2 Å². The van der Waals surface area contributed by atoms with Crippen molar-refractivity contribution < 1.29 is 13.9 Å². The number of halogens is 1. The topological polar surface area (TPSA) is 44.5 Å². The lowest BCUT2D eigenvalue weighted by Gasteiger charge is -2.35. The highest BCUT2D eigenvalue weighted by molar-refractivity contribution is 5.38. The first-order valence-corrected chi connectivity index (χ1v) is 7.49. The summed E-state index contributed by atoms with van der Waals surface area (Å²) >= 11 is 0. The second-order valence-electron chi connectivity index (χ2n) is 6.49. The molecule has 0 saturated carbocycles. The van der Waals surface area contributed by atoms with Gasteiger partial charge in [-0.2, -0.15) is 0 Å². The van der Waals surface area contributed by atoms with E-state index in [0.29, 0.717) is 18.8 Å². The first kappa shape index (κ1) is 12.6. The SMILES string of the molecule is NCC1(CC2Cc3cc(F)ccc3O2)CC2CCC1O2. The Morgan fingerprint density at radius 3 is 2.95 bits per heavy atom. The molecule has 0 aliphatic carbocycles. The van der Waals surface area contributed by atoms with E-state index in [-0.39, 0.29) is 17.3 Å². The molecule has 3 aliphatic heterocycles. The summed E-state index contributed by atoms with van der Waals surface area (Å²) in [6, 6.07) is 4.78. The van der Waals surface area contributed by atoms with Crippen molar-refractivity contribution in [2.45, 2.75) is 50.4 Å². The van der Waals surface area contributed by atoms with Gasteiger partial charge in [0.2, 0.25) is 0 Å². The minimum atomic E-state index is -0.190. The van der Waals surface area contributed by atoms with Crippen LogP contribution in [0.3, 0.4) is 0 Å². The highest BCUT2D eigenvalue weighted by Gasteiger charge is 2.52. The lowest BCUT2D eigenvalue weighted by molar-refractivity contribution is 0.0406. The van der Waals surface area contributed by atoms with E-state index in [0.717, 1.165) is 37.0 Å². The number of hydrogen-bond acceptors (Lipinski definition) is 3. The van der Waals surface area contributed by atoms with E-state index >= 15 is 0 Å². The zero-order chi connectivity index (χ0) is 13.7. The molecule has 4 atom stereocenters. The summed E-state index contributed by atoms with van der Waals surface area (Å²) in [4.78, 5) is 0. The summed E-state index contributed by atoms with van der Waals surface area (Å²) in [6.07, 6.45) is 5.84. The van der Waals surface area contributed by atoms with Crippen molar-refractivity contribution in [3.63, 3.8) is 0 Å². The molecule has 20 heavy (non-hydrogen) atoms. The zero-order valence-corrected chi connectivity index (χ0v) is 11.5. The smallest absolute Gasteiger partial charge is 0.123 e. The lowest BCUT2D eigenvalue weighted by atomic mass is 9.70. The summed E-state index contributed by atoms with van der Waals surface area (Å²) in [5, 5.41) is 0. The quantitative estimate of drug-likeness (QED) is 0.922. The minimum Gasteiger partial charge on any atom is -0.490 e. The van der Waals surface area contributed by atoms with Crippen LogP contribution in [0.1, 0.15) is 31.2 Å². The first-order chi connectivity index (χ1) is 9.68. The van der Waals surface area contributed by atoms with E-state index in [1.807, 2.05) is 0 Å². The molecule has 1 aromatic rings. The first-order valence-electron chi connectivity index (χ1n) is 7.49. The number of fused-ring (bicyclic) bond motifs is 3. The molecule has 0 radical (unpaired) electrons. The van der Waals surface area contributed by atoms with Crippen molar-refractivity contribution in [3.05, 3.63) is 29.6 Å². The largest absolute Gasteiger partial charge is 0.490 e. The van der Waals surface area contributed by atoms with Crippen molar-refractivity contribution in [2.24, 2.45) is 11.1 Å². The van der Waals surface area contributed by atoms with Gasteiger partial charge in [-0.05, 0) is 43.9 Å². The Morgan fingerprint density at radius 2 is 2.25 bits per heavy atom. The summed E-state index contributed by atoms with van der Waals surface area (Å²) < 4.78 is 25.2. The van der Waals surface area contributed by atoms with Crippen LogP contribution in [0.25, 0.3) is 0 Å². The second kappa shape index (κ2) is 4.43. The van der Waals surface area contributed by atoms with E-state index in [1.165, 1.54) is 12.5 Å². The fourth-order valence-corrected chi connectivity index (χ4v) is 4.26. The van der Waals surface area contributed by atoms with Gasteiger partial charge in [0, 0.05) is 23.9 Å². The van der Waals surface area contributed by atoms with Crippen molar-refractivity contribution in [2.75, 3.05) is 6.54 Å². The molecule has 2 saturated heterocycles. The summed E-state index contributed by atoms with van der Waals surface area (Å²) in [5.74, 6) is 0.637. The maximum absolute atomic E-state index is 13.3. The fourth-order valence-electron chi connectivity index (χ4n) is 4.26. The predicted molar refractivity (Wildman–Crippen MR) is 73.1 cm³/mol. The second-order valence-corrected chi connectivity index (χ2v) is 6.49. The number of benzene rings is 1. The van der Waals surface area contributed by atoms with Gasteiger partial charge in [-0.25, -0.2) is 4.39 Å². The van der Waals surface area contributed by atoms with Gasteiger partial charge < -0.3 is 15.2 Å². The van der Waals surface area contributed by atoms with E-state index in [2.05, 4.69) is 0 Å².